The quantitative estimate of drug-likeness (QED) is 0.327. The number of carboxylic acid groups (broad SMARTS) is 1. The summed E-state index contributed by atoms with van der Waals surface area (Å²) in [5.41, 5.74) is 3.90. The first kappa shape index (κ1) is 20.8. The lowest BCUT2D eigenvalue weighted by atomic mass is 9.86. The van der Waals surface area contributed by atoms with Crippen LogP contribution in [0.5, 0.6) is 0 Å². The molecule has 0 radical (unpaired) electrons. The molecule has 0 spiro atoms. The molecule has 5 nitrogen and oxygen atoms in total. The van der Waals surface area contributed by atoms with E-state index in [1.807, 2.05) is 30.3 Å². The topological polar surface area (TPSA) is 62.9 Å². The number of ether oxygens (including phenoxy) is 1. The van der Waals surface area contributed by atoms with E-state index in [0.29, 0.717) is 26.1 Å². The first-order valence-corrected chi connectivity index (χ1v) is 11.6. The van der Waals surface area contributed by atoms with Crippen LogP contribution >= 0.6 is 0 Å². The van der Waals surface area contributed by atoms with Crippen LogP contribution in [0, 0.1) is 0 Å². The molecule has 0 saturated carbocycles. The molecule has 0 bridgehead atoms. The minimum Gasteiger partial charge on any atom is -0.465 e. The Morgan fingerprint density at radius 2 is 1.74 bits per heavy atom. The van der Waals surface area contributed by atoms with E-state index in [4.69, 9.17) is 9.15 Å². The largest absolute Gasteiger partial charge is 0.465 e. The van der Waals surface area contributed by atoms with Crippen molar-refractivity contribution >= 4 is 38.8 Å². The highest BCUT2D eigenvalue weighted by molar-refractivity contribution is 6.05. The van der Waals surface area contributed by atoms with Crippen molar-refractivity contribution in [1.29, 1.82) is 0 Å². The van der Waals surface area contributed by atoms with Crippen LogP contribution in [-0.4, -0.2) is 35.3 Å². The minimum atomic E-state index is -0.903. The number of para-hydroxylation sites is 2. The van der Waals surface area contributed by atoms with Gasteiger partial charge in [0.15, 0.2) is 0 Å². The van der Waals surface area contributed by atoms with Crippen molar-refractivity contribution in [2.45, 2.75) is 25.0 Å². The molecule has 1 fully saturated rings. The normalized spacial score (nSPS) is 18.6. The van der Waals surface area contributed by atoms with Gasteiger partial charge in [0.1, 0.15) is 11.2 Å². The zero-order valence-corrected chi connectivity index (χ0v) is 18.7. The standard InChI is InChI=1S/C29H25NO4/c31-29(32)30-15-14-23(25-10-5-9-24-22-8-3-4-11-26(22)34-28(24)25)27(17-30)33-18-19-12-13-20-6-1-2-7-21(20)16-19/h1-13,16,23,27H,14-15,17-18H2,(H,31,32)/t23-,27+/m1/s1. The average molecular weight is 452 g/mol. The molecule has 0 aliphatic carbocycles. The van der Waals surface area contributed by atoms with Crippen LogP contribution in [0.4, 0.5) is 4.79 Å². The minimum absolute atomic E-state index is 0.0420. The van der Waals surface area contributed by atoms with Gasteiger partial charge in [-0.2, -0.15) is 0 Å². The summed E-state index contributed by atoms with van der Waals surface area (Å²) in [6, 6.07) is 28.9. The highest BCUT2D eigenvalue weighted by atomic mass is 16.5. The first-order valence-electron chi connectivity index (χ1n) is 11.6. The number of benzene rings is 4. The summed E-state index contributed by atoms with van der Waals surface area (Å²) < 4.78 is 12.7. The second-order valence-electron chi connectivity index (χ2n) is 8.98. The molecule has 4 aromatic carbocycles. The number of piperidine rings is 1. The molecule has 0 unspecified atom stereocenters. The number of furan rings is 1. The van der Waals surface area contributed by atoms with Crippen molar-refractivity contribution in [2.24, 2.45) is 0 Å². The molecule has 6 rings (SSSR count). The Balaban J connectivity index is 1.34. The van der Waals surface area contributed by atoms with Gasteiger partial charge in [0.2, 0.25) is 0 Å². The van der Waals surface area contributed by atoms with Crippen LogP contribution in [0.25, 0.3) is 32.7 Å². The number of fused-ring (bicyclic) bond motifs is 4. The van der Waals surface area contributed by atoms with Crippen molar-refractivity contribution in [3.05, 3.63) is 96.1 Å². The molecule has 2 heterocycles. The first-order chi connectivity index (χ1) is 16.7. The highest BCUT2D eigenvalue weighted by Gasteiger charge is 2.35. The van der Waals surface area contributed by atoms with Crippen LogP contribution in [-0.2, 0) is 11.3 Å². The lowest BCUT2D eigenvalue weighted by molar-refractivity contribution is -0.0197. The van der Waals surface area contributed by atoms with Crippen molar-refractivity contribution in [3.63, 3.8) is 0 Å². The summed E-state index contributed by atoms with van der Waals surface area (Å²) in [6.07, 6.45) is -0.486. The summed E-state index contributed by atoms with van der Waals surface area (Å²) >= 11 is 0. The Hall–Kier alpha value is -3.83. The Morgan fingerprint density at radius 1 is 0.941 bits per heavy atom. The van der Waals surface area contributed by atoms with Crippen LogP contribution in [0.3, 0.4) is 0 Å². The maximum atomic E-state index is 11.7. The maximum Gasteiger partial charge on any atom is 0.407 e. The van der Waals surface area contributed by atoms with E-state index in [2.05, 4.69) is 54.6 Å². The molecule has 1 aromatic heterocycles. The van der Waals surface area contributed by atoms with Gasteiger partial charge in [-0.05, 0) is 34.9 Å². The van der Waals surface area contributed by atoms with Crippen LogP contribution < -0.4 is 0 Å². The summed E-state index contributed by atoms with van der Waals surface area (Å²) in [4.78, 5) is 13.2. The predicted molar refractivity (Wildman–Crippen MR) is 133 cm³/mol. The molecule has 1 aliphatic rings. The molecule has 1 aliphatic heterocycles. The molecule has 5 aromatic rings. The lowest BCUT2D eigenvalue weighted by Crippen LogP contribution is -2.46. The number of carbonyl (C=O) groups is 1. The molecule has 1 N–H and O–H groups in total. The number of likely N-dealkylation sites (tertiary alicyclic amines) is 1. The van der Waals surface area contributed by atoms with Gasteiger partial charge < -0.3 is 19.2 Å². The number of nitrogens with zero attached hydrogens (tertiary/aromatic N) is 1. The third-order valence-electron chi connectivity index (χ3n) is 6.94. The smallest absolute Gasteiger partial charge is 0.407 e. The number of hydrogen-bond acceptors (Lipinski definition) is 3. The van der Waals surface area contributed by atoms with Gasteiger partial charge in [0, 0.05) is 28.8 Å². The Labute approximate surface area is 197 Å². The Bertz CT molecular complexity index is 1500. The maximum absolute atomic E-state index is 11.7. The second-order valence-corrected chi connectivity index (χ2v) is 8.98. The van der Waals surface area contributed by atoms with Gasteiger partial charge in [0.05, 0.1) is 19.3 Å². The highest BCUT2D eigenvalue weighted by Crippen LogP contribution is 2.39. The van der Waals surface area contributed by atoms with Gasteiger partial charge in [-0.1, -0.05) is 72.8 Å². The van der Waals surface area contributed by atoms with Crippen molar-refractivity contribution < 1.29 is 19.1 Å². The van der Waals surface area contributed by atoms with Crippen LogP contribution in [0.15, 0.2) is 89.3 Å². The van der Waals surface area contributed by atoms with Gasteiger partial charge >= 0.3 is 6.09 Å². The third kappa shape index (κ3) is 3.68. The molecule has 5 heteroatoms. The van der Waals surface area contributed by atoms with Gasteiger partial charge in [-0.15, -0.1) is 0 Å². The zero-order chi connectivity index (χ0) is 23.1. The van der Waals surface area contributed by atoms with Gasteiger partial charge in [0.25, 0.3) is 0 Å². The molecule has 1 saturated heterocycles. The van der Waals surface area contributed by atoms with Crippen molar-refractivity contribution in [1.82, 2.24) is 4.90 Å². The molecule has 170 valence electrons. The van der Waals surface area contributed by atoms with Crippen LogP contribution in [0.2, 0.25) is 0 Å². The monoisotopic (exact) mass is 451 g/mol. The third-order valence-corrected chi connectivity index (χ3v) is 6.94. The summed E-state index contributed by atoms with van der Waals surface area (Å²) in [6.45, 7) is 1.24. The van der Waals surface area contributed by atoms with Crippen molar-refractivity contribution in [3.8, 4) is 0 Å². The average Bonchev–Trinajstić information content (AvgIpc) is 3.26. The summed E-state index contributed by atoms with van der Waals surface area (Å²) in [7, 11) is 0. The van der Waals surface area contributed by atoms with E-state index in [9.17, 15) is 9.90 Å². The fourth-order valence-electron chi connectivity index (χ4n) is 5.21. The van der Waals surface area contributed by atoms with Crippen molar-refractivity contribution in [2.75, 3.05) is 13.1 Å². The number of amides is 1. The van der Waals surface area contributed by atoms with Gasteiger partial charge in [-0.25, -0.2) is 4.79 Å². The van der Waals surface area contributed by atoms with E-state index in [0.717, 1.165) is 33.1 Å². The van der Waals surface area contributed by atoms with Gasteiger partial charge in [-0.3, -0.25) is 0 Å². The van der Waals surface area contributed by atoms with E-state index >= 15 is 0 Å². The fourth-order valence-corrected chi connectivity index (χ4v) is 5.21. The second kappa shape index (κ2) is 8.50. The molecule has 34 heavy (non-hydrogen) atoms. The van der Waals surface area contributed by atoms with E-state index < -0.39 is 6.09 Å². The SMILES string of the molecule is O=C(O)N1CC[C@H](c2cccc3c2oc2ccccc23)[C@@H](OCc2ccc3ccccc3c2)C1. The zero-order valence-electron chi connectivity index (χ0n) is 18.7. The van der Waals surface area contributed by atoms with E-state index in [1.165, 1.54) is 15.7 Å². The van der Waals surface area contributed by atoms with Crippen LogP contribution in [0.1, 0.15) is 23.5 Å². The molecular weight excluding hydrogens is 426 g/mol. The van der Waals surface area contributed by atoms with E-state index in [-0.39, 0.29) is 12.0 Å². The molecular formula is C29H25NO4. The van der Waals surface area contributed by atoms with E-state index in [1.54, 1.807) is 0 Å². The summed E-state index contributed by atoms with van der Waals surface area (Å²) in [5, 5.41) is 14.2. The summed E-state index contributed by atoms with van der Waals surface area (Å²) in [5.74, 6) is 0.0420. The fraction of sp³-hybridized carbons (Fsp3) is 0.207. The Kier molecular flexibility index (Phi) is 5.19. The predicted octanol–water partition coefficient (Wildman–Crippen LogP) is 6.79. The number of rotatable bonds is 4. The Morgan fingerprint density at radius 3 is 2.62 bits per heavy atom. The lowest BCUT2D eigenvalue weighted by Gasteiger charge is -2.37. The number of hydrogen-bond donors (Lipinski definition) is 1. The molecule has 1 amide bonds. The molecule has 2 atom stereocenters.